The first-order valence-electron chi connectivity index (χ1n) is 6.12. The second-order valence-electron chi connectivity index (χ2n) is 5.38. The fourth-order valence-corrected chi connectivity index (χ4v) is 2.70. The molecule has 1 saturated carbocycles. The molecule has 2 atom stereocenters. The summed E-state index contributed by atoms with van der Waals surface area (Å²) in [6.07, 6.45) is 6.03. The van der Waals surface area contributed by atoms with Gasteiger partial charge in [-0.25, -0.2) is 0 Å². The van der Waals surface area contributed by atoms with Crippen LogP contribution in [0.25, 0.3) is 0 Å². The molecule has 2 rings (SSSR count). The summed E-state index contributed by atoms with van der Waals surface area (Å²) < 4.78 is 0. The monoisotopic (exact) mass is 197 g/mol. The Hall–Kier alpha value is -0.0800. The third kappa shape index (κ3) is 2.29. The normalized spacial score (nSPS) is 35.1. The van der Waals surface area contributed by atoms with Gasteiger partial charge in [-0.3, -0.25) is 4.90 Å². The molecular formula is C12H23NO. The van der Waals surface area contributed by atoms with Crippen molar-refractivity contribution in [3.63, 3.8) is 0 Å². The maximum atomic E-state index is 10.0. The molecule has 1 heterocycles. The Bertz CT molecular complexity index is 189. The number of hydrogen-bond donors (Lipinski definition) is 1. The lowest BCUT2D eigenvalue weighted by molar-refractivity contribution is -0.00320. The molecule has 0 bridgehead atoms. The van der Waals surface area contributed by atoms with E-state index in [1.54, 1.807) is 0 Å². The van der Waals surface area contributed by atoms with Crippen LogP contribution in [-0.4, -0.2) is 34.7 Å². The summed E-state index contributed by atoms with van der Waals surface area (Å²) in [4.78, 5) is 2.58. The van der Waals surface area contributed by atoms with E-state index in [4.69, 9.17) is 0 Å². The number of piperidine rings is 1. The summed E-state index contributed by atoms with van der Waals surface area (Å²) in [7, 11) is 0. The predicted octanol–water partition coefficient (Wildman–Crippen LogP) is 2.02. The zero-order chi connectivity index (χ0) is 10.1. The third-order valence-electron chi connectivity index (χ3n) is 3.52. The van der Waals surface area contributed by atoms with Crippen LogP contribution in [0.15, 0.2) is 0 Å². The lowest BCUT2D eigenvalue weighted by Crippen LogP contribution is -2.49. The van der Waals surface area contributed by atoms with Crippen molar-refractivity contribution in [3.05, 3.63) is 0 Å². The van der Waals surface area contributed by atoms with Crippen molar-refractivity contribution in [2.45, 2.75) is 64.1 Å². The van der Waals surface area contributed by atoms with Gasteiger partial charge in [-0.2, -0.15) is 0 Å². The maximum absolute atomic E-state index is 10.0. The van der Waals surface area contributed by atoms with Gasteiger partial charge < -0.3 is 5.11 Å². The summed E-state index contributed by atoms with van der Waals surface area (Å²) in [5.74, 6) is 0.703. The summed E-state index contributed by atoms with van der Waals surface area (Å²) in [6.45, 7) is 5.73. The Morgan fingerprint density at radius 2 is 2.00 bits per heavy atom. The summed E-state index contributed by atoms with van der Waals surface area (Å²) >= 11 is 0. The number of aliphatic hydroxyl groups is 1. The quantitative estimate of drug-likeness (QED) is 0.748. The number of hydrogen-bond acceptors (Lipinski definition) is 2. The second-order valence-corrected chi connectivity index (χ2v) is 5.38. The van der Waals surface area contributed by atoms with Gasteiger partial charge in [-0.05, 0) is 44.6 Å². The van der Waals surface area contributed by atoms with Gasteiger partial charge in [0.15, 0.2) is 0 Å². The lowest BCUT2D eigenvalue weighted by Gasteiger charge is -2.40. The predicted molar refractivity (Wildman–Crippen MR) is 58.2 cm³/mol. The molecule has 1 aliphatic carbocycles. The van der Waals surface area contributed by atoms with Crippen LogP contribution >= 0.6 is 0 Å². The molecular weight excluding hydrogens is 174 g/mol. The number of rotatable bonds is 3. The zero-order valence-electron chi connectivity index (χ0n) is 9.45. The second kappa shape index (κ2) is 4.19. The fourth-order valence-electron chi connectivity index (χ4n) is 2.70. The van der Waals surface area contributed by atoms with Crippen molar-refractivity contribution in [1.82, 2.24) is 4.90 Å². The molecule has 14 heavy (non-hydrogen) atoms. The average molecular weight is 197 g/mol. The van der Waals surface area contributed by atoms with Crippen molar-refractivity contribution >= 4 is 0 Å². The molecule has 0 aromatic carbocycles. The molecule has 2 unspecified atom stereocenters. The van der Waals surface area contributed by atoms with Crippen LogP contribution < -0.4 is 0 Å². The summed E-state index contributed by atoms with van der Waals surface area (Å²) in [5.41, 5.74) is 0. The van der Waals surface area contributed by atoms with Crippen molar-refractivity contribution < 1.29 is 5.11 Å². The van der Waals surface area contributed by atoms with E-state index in [9.17, 15) is 5.11 Å². The average Bonchev–Trinajstić information content (AvgIpc) is 2.90. The molecule has 1 aliphatic heterocycles. The van der Waals surface area contributed by atoms with Crippen LogP contribution in [0.4, 0.5) is 0 Å². The molecule has 0 aromatic heterocycles. The Labute approximate surface area is 87.3 Å². The van der Waals surface area contributed by atoms with Crippen LogP contribution in [0.2, 0.25) is 0 Å². The molecule has 2 nitrogen and oxygen atoms in total. The van der Waals surface area contributed by atoms with Crippen LogP contribution in [0.5, 0.6) is 0 Å². The number of likely N-dealkylation sites (tertiary alicyclic amines) is 1. The van der Waals surface area contributed by atoms with Gasteiger partial charge in [-0.1, -0.05) is 13.8 Å². The summed E-state index contributed by atoms with van der Waals surface area (Å²) in [5, 5.41) is 10.0. The van der Waals surface area contributed by atoms with E-state index in [2.05, 4.69) is 18.7 Å². The highest BCUT2D eigenvalue weighted by Gasteiger charge is 2.38. The molecule has 2 fully saturated rings. The minimum atomic E-state index is -0.0632. The van der Waals surface area contributed by atoms with Gasteiger partial charge >= 0.3 is 0 Å². The molecule has 1 N–H and O–H groups in total. The van der Waals surface area contributed by atoms with E-state index in [1.807, 2.05) is 0 Å². The summed E-state index contributed by atoms with van der Waals surface area (Å²) in [6, 6.07) is 1.27. The zero-order valence-corrected chi connectivity index (χ0v) is 9.45. The molecule has 82 valence electrons. The van der Waals surface area contributed by atoms with Crippen molar-refractivity contribution in [2.24, 2.45) is 5.92 Å². The lowest BCUT2D eigenvalue weighted by atomic mass is 9.91. The maximum Gasteiger partial charge on any atom is 0.0696 e. The fraction of sp³-hybridized carbons (Fsp3) is 1.00. The van der Waals surface area contributed by atoms with Crippen molar-refractivity contribution in [2.75, 3.05) is 6.54 Å². The van der Waals surface area contributed by atoms with Gasteiger partial charge in [0.2, 0.25) is 0 Å². The minimum absolute atomic E-state index is 0.0632. The van der Waals surface area contributed by atoms with Gasteiger partial charge in [0.25, 0.3) is 0 Å². The number of nitrogens with zero attached hydrogens (tertiary/aromatic N) is 1. The smallest absolute Gasteiger partial charge is 0.0696 e. The van der Waals surface area contributed by atoms with Crippen LogP contribution in [0.1, 0.15) is 46.0 Å². The van der Waals surface area contributed by atoms with E-state index in [0.29, 0.717) is 12.0 Å². The van der Waals surface area contributed by atoms with Crippen molar-refractivity contribution in [3.8, 4) is 0 Å². The minimum Gasteiger partial charge on any atom is -0.391 e. The van der Waals surface area contributed by atoms with E-state index < -0.39 is 0 Å². The van der Waals surface area contributed by atoms with Crippen molar-refractivity contribution in [1.29, 1.82) is 0 Å². The highest BCUT2D eigenvalue weighted by atomic mass is 16.3. The first-order chi connectivity index (χ1) is 6.68. The molecule has 0 radical (unpaired) electrons. The standard InChI is InChI=1S/C12H23NO/c1-9(2)8-11-12(14)4-3-7-13(11)10-5-6-10/h9-12,14H,3-8H2,1-2H3. The van der Waals surface area contributed by atoms with E-state index in [0.717, 1.165) is 18.9 Å². The van der Waals surface area contributed by atoms with E-state index >= 15 is 0 Å². The SMILES string of the molecule is CC(C)CC1C(O)CCCN1C1CC1. The first-order valence-corrected chi connectivity index (χ1v) is 6.12. The molecule has 2 aliphatic rings. The molecule has 0 aromatic rings. The topological polar surface area (TPSA) is 23.5 Å². The number of aliphatic hydroxyl groups excluding tert-OH is 1. The molecule has 0 spiro atoms. The van der Waals surface area contributed by atoms with Crippen LogP contribution in [0.3, 0.4) is 0 Å². The molecule has 1 saturated heterocycles. The Kier molecular flexibility index (Phi) is 3.13. The largest absolute Gasteiger partial charge is 0.391 e. The Balaban J connectivity index is 1.97. The van der Waals surface area contributed by atoms with E-state index in [1.165, 1.54) is 25.8 Å². The first kappa shape index (κ1) is 10.4. The van der Waals surface area contributed by atoms with Gasteiger partial charge in [-0.15, -0.1) is 0 Å². The van der Waals surface area contributed by atoms with Crippen LogP contribution in [0, 0.1) is 5.92 Å². The van der Waals surface area contributed by atoms with E-state index in [-0.39, 0.29) is 6.10 Å². The van der Waals surface area contributed by atoms with Crippen LogP contribution in [-0.2, 0) is 0 Å². The van der Waals surface area contributed by atoms with Gasteiger partial charge in [0.1, 0.15) is 0 Å². The highest BCUT2D eigenvalue weighted by Crippen LogP contribution is 2.34. The molecule has 0 amide bonds. The van der Waals surface area contributed by atoms with Gasteiger partial charge in [0, 0.05) is 12.1 Å². The Morgan fingerprint density at radius 3 is 2.57 bits per heavy atom. The third-order valence-corrected chi connectivity index (χ3v) is 3.52. The molecule has 2 heteroatoms. The Morgan fingerprint density at radius 1 is 1.29 bits per heavy atom. The highest BCUT2D eigenvalue weighted by molar-refractivity contribution is 4.94. The van der Waals surface area contributed by atoms with Gasteiger partial charge in [0.05, 0.1) is 6.10 Å².